The normalized spacial score (nSPS) is 13.5. The van der Waals surface area contributed by atoms with Crippen molar-refractivity contribution in [3.05, 3.63) is 23.8 Å². The SMILES string of the molecule is CCOc1ccc(C(CC)CC(N)C(=O)O)c(OCC)c1. The molecule has 1 rings (SSSR count). The first kappa shape index (κ1) is 17.3. The van der Waals surface area contributed by atoms with Crippen LogP contribution in [0.4, 0.5) is 0 Å². The molecule has 0 saturated heterocycles. The van der Waals surface area contributed by atoms with Gasteiger partial charge in [0.15, 0.2) is 0 Å². The number of carboxylic acid groups (broad SMARTS) is 1. The van der Waals surface area contributed by atoms with Gasteiger partial charge >= 0.3 is 5.97 Å². The largest absolute Gasteiger partial charge is 0.494 e. The molecule has 0 heterocycles. The lowest BCUT2D eigenvalue weighted by molar-refractivity contribution is -0.138. The maximum atomic E-state index is 11.0. The predicted molar refractivity (Wildman–Crippen MR) is 82.0 cm³/mol. The Morgan fingerprint density at radius 3 is 2.43 bits per heavy atom. The Balaban J connectivity index is 3.03. The summed E-state index contributed by atoms with van der Waals surface area (Å²) in [6.45, 7) is 7.00. The number of benzene rings is 1. The predicted octanol–water partition coefficient (Wildman–Crippen LogP) is 2.78. The molecule has 2 unspecified atom stereocenters. The van der Waals surface area contributed by atoms with E-state index < -0.39 is 12.0 Å². The molecule has 5 nitrogen and oxygen atoms in total. The van der Waals surface area contributed by atoms with E-state index in [4.69, 9.17) is 20.3 Å². The van der Waals surface area contributed by atoms with Crippen molar-refractivity contribution in [3.63, 3.8) is 0 Å². The highest BCUT2D eigenvalue weighted by Crippen LogP contribution is 2.35. The van der Waals surface area contributed by atoms with Gasteiger partial charge in [0.25, 0.3) is 0 Å². The van der Waals surface area contributed by atoms with E-state index in [-0.39, 0.29) is 5.92 Å². The molecular weight excluding hydrogens is 270 g/mol. The van der Waals surface area contributed by atoms with Crippen molar-refractivity contribution in [2.75, 3.05) is 13.2 Å². The van der Waals surface area contributed by atoms with E-state index in [1.165, 1.54) is 0 Å². The van der Waals surface area contributed by atoms with Crippen molar-refractivity contribution >= 4 is 5.97 Å². The highest BCUT2D eigenvalue weighted by molar-refractivity contribution is 5.73. The molecule has 2 atom stereocenters. The average Bonchev–Trinajstić information content (AvgIpc) is 2.46. The second-order valence-corrected chi connectivity index (χ2v) is 4.85. The third-order valence-electron chi connectivity index (χ3n) is 3.38. The summed E-state index contributed by atoms with van der Waals surface area (Å²) < 4.78 is 11.2. The Labute approximate surface area is 126 Å². The van der Waals surface area contributed by atoms with Crippen LogP contribution in [0.15, 0.2) is 18.2 Å². The molecule has 0 spiro atoms. The van der Waals surface area contributed by atoms with Gasteiger partial charge in [0.2, 0.25) is 0 Å². The van der Waals surface area contributed by atoms with Crippen LogP contribution in [0.3, 0.4) is 0 Å². The molecule has 21 heavy (non-hydrogen) atoms. The molecule has 1 aromatic rings. The van der Waals surface area contributed by atoms with E-state index in [9.17, 15) is 4.79 Å². The second kappa shape index (κ2) is 8.52. The van der Waals surface area contributed by atoms with E-state index >= 15 is 0 Å². The Morgan fingerprint density at radius 1 is 1.24 bits per heavy atom. The molecule has 0 aliphatic rings. The molecule has 0 aromatic heterocycles. The molecule has 0 fully saturated rings. The third kappa shape index (κ3) is 4.93. The number of carboxylic acids is 1. The first-order chi connectivity index (χ1) is 10.0. The van der Waals surface area contributed by atoms with E-state index in [1.807, 2.05) is 39.0 Å². The quantitative estimate of drug-likeness (QED) is 0.732. The maximum Gasteiger partial charge on any atom is 0.320 e. The van der Waals surface area contributed by atoms with Crippen molar-refractivity contribution in [1.82, 2.24) is 0 Å². The minimum absolute atomic E-state index is 0.0494. The number of ether oxygens (including phenoxy) is 2. The van der Waals surface area contributed by atoms with Crippen LogP contribution >= 0.6 is 0 Å². The van der Waals surface area contributed by atoms with Gasteiger partial charge in [-0.3, -0.25) is 4.79 Å². The molecule has 0 saturated carbocycles. The summed E-state index contributed by atoms with van der Waals surface area (Å²) in [5.74, 6) is 0.570. The molecule has 0 bridgehead atoms. The van der Waals surface area contributed by atoms with Crippen LogP contribution in [-0.4, -0.2) is 30.3 Å². The van der Waals surface area contributed by atoms with Crippen LogP contribution in [0.2, 0.25) is 0 Å². The highest BCUT2D eigenvalue weighted by atomic mass is 16.5. The van der Waals surface area contributed by atoms with Gasteiger partial charge in [-0.05, 0) is 44.2 Å². The summed E-state index contributed by atoms with van der Waals surface area (Å²) in [4.78, 5) is 11.0. The summed E-state index contributed by atoms with van der Waals surface area (Å²) >= 11 is 0. The summed E-state index contributed by atoms with van der Waals surface area (Å²) in [6, 6.07) is 4.82. The van der Waals surface area contributed by atoms with E-state index in [0.717, 1.165) is 23.5 Å². The Hall–Kier alpha value is -1.75. The fraction of sp³-hybridized carbons (Fsp3) is 0.562. The molecule has 0 aliphatic heterocycles. The van der Waals surface area contributed by atoms with Crippen LogP contribution in [-0.2, 0) is 4.79 Å². The molecule has 118 valence electrons. The Morgan fingerprint density at radius 2 is 1.90 bits per heavy atom. The van der Waals surface area contributed by atoms with Crippen LogP contribution in [0.5, 0.6) is 11.5 Å². The summed E-state index contributed by atoms with van der Waals surface area (Å²) in [5.41, 5.74) is 6.65. The summed E-state index contributed by atoms with van der Waals surface area (Å²) in [5, 5.41) is 8.98. The van der Waals surface area contributed by atoms with E-state index in [0.29, 0.717) is 19.6 Å². The van der Waals surface area contributed by atoms with Gasteiger partial charge in [-0.1, -0.05) is 13.0 Å². The molecule has 0 amide bonds. The fourth-order valence-corrected chi connectivity index (χ4v) is 2.31. The summed E-state index contributed by atoms with van der Waals surface area (Å²) in [6.07, 6.45) is 1.19. The molecular formula is C16H25NO4. The smallest absolute Gasteiger partial charge is 0.320 e. The number of hydrogen-bond donors (Lipinski definition) is 2. The van der Waals surface area contributed by atoms with Crippen molar-refractivity contribution in [1.29, 1.82) is 0 Å². The lowest BCUT2D eigenvalue weighted by atomic mass is 9.89. The van der Waals surface area contributed by atoms with Gasteiger partial charge in [-0.2, -0.15) is 0 Å². The molecule has 3 N–H and O–H groups in total. The first-order valence-corrected chi connectivity index (χ1v) is 7.41. The number of rotatable bonds is 9. The minimum atomic E-state index is -0.975. The number of aliphatic carboxylic acids is 1. The van der Waals surface area contributed by atoms with Gasteiger partial charge in [0.05, 0.1) is 13.2 Å². The van der Waals surface area contributed by atoms with Crippen LogP contribution in [0, 0.1) is 0 Å². The van der Waals surface area contributed by atoms with Crippen LogP contribution in [0.25, 0.3) is 0 Å². The summed E-state index contributed by atoms with van der Waals surface area (Å²) in [7, 11) is 0. The molecule has 1 aromatic carbocycles. The monoisotopic (exact) mass is 295 g/mol. The van der Waals surface area contributed by atoms with Crippen LogP contribution < -0.4 is 15.2 Å². The zero-order valence-corrected chi connectivity index (χ0v) is 13.0. The van der Waals surface area contributed by atoms with Crippen molar-refractivity contribution < 1.29 is 19.4 Å². The zero-order valence-electron chi connectivity index (χ0n) is 13.0. The van der Waals surface area contributed by atoms with Gasteiger partial charge in [0.1, 0.15) is 17.5 Å². The number of nitrogens with two attached hydrogens (primary N) is 1. The number of hydrogen-bond acceptors (Lipinski definition) is 4. The van der Waals surface area contributed by atoms with Gasteiger partial charge in [0, 0.05) is 6.07 Å². The van der Waals surface area contributed by atoms with E-state index in [2.05, 4.69) is 0 Å². The first-order valence-electron chi connectivity index (χ1n) is 7.41. The van der Waals surface area contributed by atoms with Crippen molar-refractivity contribution in [3.8, 4) is 11.5 Å². The van der Waals surface area contributed by atoms with Crippen molar-refractivity contribution in [2.24, 2.45) is 5.73 Å². The molecule has 0 aliphatic carbocycles. The van der Waals surface area contributed by atoms with Crippen LogP contribution in [0.1, 0.15) is 45.1 Å². The van der Waals surface area contributed by atoms with E-state index in [1.54, 1.807) is 0 Å². The van der Waals surface area contributed by atoms with Gasteiger partial charge in [-0.25, -0.2) is 0 Å². The number of carbonyl (C=O) groups is 1. The fourth-order valence-electron chi connectivity index (χ4n) is 2.31. The molecule has 5 heteroatoms. The molecule has 0 radical (unpaired) electrons. The minimum Gasteiger partial charge on any atom is -0.494 e. The lowest BCUT2D eigenvalue weighted by Gasteiger charge is -2.21. The third-order valence-corrected chi connectivity index (χ3v) is 3.38. The Kier molecular flexibility index (Phi) is 7.02. The standard InChI is InChI=1S/C16H25NO4/c1-4-11(9-14(17)16(18)19)13-8-7-12(20-5-2)10-15(13)21-6-3/h7-8,10-11,14H,4-6,9,17H2,1-3H3,(H,18,19). The van der Waals surface area contributed by atoms with Gasteiger partial charge in [-0.15, -0.1) is 0 Å². The second-order valence-electron chi connectivity index (χ2n) is 4.85. The Bertz CT molecular complexity index is 462. The highest BCUT2D eigenvalue weighted by Gasteiger charge is 2.22. The van der Waals surface area contributed by atoms with Crippen molar-refractivity contribution in [2.45, 2.75) is 45.6 Å². The van der Waals surface area contributed by atoms with Gasteiger partial charge < -0.3 is 20.3 Å². The topological polar surface area (TPSA) is 81.8 Å². The lowest BCUT2D eigenvalue weighted by Crippen LogP contribution is -2.31. The zero-order chi connectivity index (χ0) is 15.8. The average molecular weight is 295 g/mol. The maximum absolute atomic E-state index is 11.0.